The minimum Gasteiger partial charge on any atom is -0.371 e. The molecule has 0 bridgehead atoms. The SMILES string of the molecule is CC1CC2=C[CH+]C=CC2[C@@H](C)O1. The Labute approximate surface area is 74.1 Å². The Kier molecular flexibility index (Phi) is 1.97. The summed E-state index contributed by atoms with van der Waals surface area (Å²) in [5.74, 6) is 0.534. The fourth-order valence-corrected chi connectivity index (χ4v) is 2.09. The van der Waals surface area contributed by atoms with Crippen molar-refractivity contribution in [1.29, 1.82) is 0 Å². The van der Waals surface area contributed by atoms with E-state index in [4.69, 9.17) is 4.74 Å². The fourth-order valence-electron chi connectivity index (χ4n) is 2.09. The molecular formula is C11H15O+. The highest BCUT2D eigenvalue weighted by atomic mass is 16.5. The average molecular weight is 163 g/mol. The van der Waals surface area contributed by atoms with Crippen LogP contribution in [0.3, 0.4) is 0 Å². The summed E-state index contributed by atoms with van der Waals surface area (Å²) >= 11 is 0. The molecule has 12 heavy (non-hydrogen) atoms. The quantitative estimate of drug-likeness (QED) is 0.498. The molecule has 0 aromatic rings. The molecule has 3 atom stereocenters. The molecule has 0 aromatic heterocycles. The lowest BCUT2D eigenvalue weighted by atomic mass is 9.84. The van der Waals surface area contributed by atoms with Crippen LogP contribution in [0.1, 0.15) is 20.3 Å². The van der Waals surface area contributed by atoms with Crippen molar-refractivity contribution in [3.63, 3.8) is 0 Å². The molecule has 1 heteroatoms. The van der Waals surface area contributed by atoms with Crippen LogP contribution in [0.2, 0.25) is 0 Å². The summed E-state index contributed by atoms with van der Waals surface area (Å²) < 4.78 is 5.75. The van der Waals surface area contributed by atoms with Gasteiger partial charge in [-0.3, -0.25) is 0 Å². The van der Waals surface area contributed by atoms with Crippen molar-refractivity contribution in [1.82, 2.24) is 0 Å². The van der Waals surface area contributed by atoms with E-state index in [1.165, 1.54) is 5.57 Å². The van der Waals surface area contributed by atoms with Crippen LogP contribution >= 0.6 is 0 Å². The summed E-state index contributed by atoms with van der Waals surface area (Å²) in [6, 6.07) is 0. The van der Waals surface area contributed by atoms with E-state index in [9.17, 15) is 0 Å². The van der Waals surface area contributed by atoms with Gasteiger partial charge in [0, 0.05) is 36.6 Å². The number of rotatable bonds is 0. The standard InChI is InChI=1S/C11H15O/c1-8-7-10-5-3-4-6-11(10)9(2)12-8/h3-6,8-9,11H,7H2,1-2H3/q+1/t8?,9-,11?/m1/s1. The third-order valence-electron chi connectivity index (χ3n) is 2.64. The Morgan fingerprint density at radius 2 is 2.33 bits per heavy atom. The van der Waals surface area contributed by atoms with Gasteiger partial charge in [0.15, 0.2) is 0 Å². The molecule has 1 aliphatic heterocycles. The van der Waals surface area contributed by atoms with Gasteiger partial charge in [0.2, 0.25) is 0 Å². The number of fused-ring (bicyclic) bond motifs is 1. The highest BCUT2D eigenvalue weighted by Crippen LogP contribution is 2.33. The second-order valence-corrected chi connectivity index (χ2v) is 3.70. The van der Waals surface area contributed by atoms with E-state index in [1.54, 1.807) is 0 Å². The molecule has 0 amide bonds. The summed E-state index contributed by atoms with van der Waals surface area (Å²) in [7, 11) is 0. The van der Waals surface area contributed by atoms with Gasteiger partial charge in [-0.1, -0.05) is 0 Å². The van der Waals surface area contributed by atoms with Crippen molar-refractivity contribution in [3.05, 3.63) is 30.2 Å². The molecule has 0 saturated carbocycles. The van der Waals surface area contributed by atoms with Gasteiger partial charge in [-0.15, -0.1) is 0 Å². The van der Waals surface area contributed by atoms with E-state index in [2.05, 4.69) is 38.5 Å². The molecule has 2 unspecified atom stereocenters. The number of hydrogen-bond donors (Lipinski definition) is 0. The highest BCUT2D eigenvalue weighted by Gasteiger charge is 2.34. The van der Waals surface area contributed by atoms with Crippen molar-refractivity contribution in [2.24, 2.45) is 5.92 Å². The summed E-state index contributed by atoms with van der Waals surface area (Å²) in [5, 5.41) is 0. The third-order valence-corrected chi connectivity index (χ3v) is 2.64. The van der Waals surface area contributed by atoms with Crippen molar-refractivity contribution in [3.8, 4) is 0 Å². The van der Waals surface area contributed by atoms with E-state index in [-0.39, 0.29) is 0 Å². The zero-order valence-electron chi connectivity index (χ0n) is 7.66. The molecule has 1 saturated heterocycles. The topological polar surface area (TPSA) is 9.23 Å². The van der Waals surface area contributed by atoms with Crippen LogP contribution in [-0.2, 0) is 4.74 Å². The van der Waals surface area contributed by atoms with Gasteiger partial charge in [-0.2, -0.15) is 0 Å². The number of ether oxygens (including phenoxy) is 1. The molecule has 1 heterocycles. The molecule has 1 nitrogen and oxygen atoms in total. The predicted octanol–water partition coefficient (Wildman–Crippen LogP) is 2.50. The van der Waals surface area contributed by atoms with Crippen molar-refractivity contribution in [2.75, 3.05) is 0 Å². The zero-order chi connectivity index (χ0) is 8.55. The second-order valence-electron chi connectivity index (χ2n) is 3.70. The first-order valence-electron chi connectivity index (χ1n) is 4.63. The van der Waals surface area contributed by atoms with E-state index >= 15 is 0 Å². The van der Waals surface area contributed by atoms with Gasteiger partial charge < -0.3 is 4.74 Å². The summed E-state index contributed by atoms with van der Waals surface area (Å²) in [6.45, 7) is 4.30. The lowest BCUT2D eigenvalue weighted by Crippen LogP contribution is -2.33. The smallest absolute Gasteiger partial charge is 0.111 e. The molecule has 2 rings (SSSR count). The molecule has 1 fully saturated rings. The molecule has 1 aliphatic carbocycles. The fraction of sp³-hybridized carbons (Fsp3) is 0.545. The van der Waals surface area contributed by atoms with Crippen molar-refractivity contribution >= 4 is 0 Å². The Morgan fingerprint density at radius 1 is 1.50 bits per heavy atom. The molecule has 0 spiro atoms. The molecule has 2 aliphatic rings. The zero-order valence-corrected chi connectivity index (χ0v) is 7.66. The first kappa shape index (κ1) is 7.93. The van der Waals surface area contributed by atoms with E-state index in [0.717, 1.165) is 6.42 Å². The van der Waals surface area contributed by atoms with E-state index in [0.29, 0.717) is 18.1 Å². The van der Waals surface area contributed by atoms with Gasteiger partial charge >= 0.3 is 0 Å². The maximum Gasteiger partial charge on any atom is 0.111 e. The summed E-state index contributed by atoms with van der Waals surface area (Å²) in [6.07, 6.45) is 10.6. The molecular weight excluding hydrogens is 148 g/mol. The predicted molar refractivity (Wildman–Crippen MR) is 49.6 cm³/mol. The highest BCUT2D eigenvalue weighted by molar-refractivity contribution is 5.29. The minimum absolute atomic E-state index is 0.352. The van der Waals surface area contributed by atoms with Crippen LogP contribution in [-0.4, -0.2) is 12.2 Å². The Balaban J connectivity index is 2.18. The lowest BCUT2D eigenvalue weighted by molar-refractivity contribution is -0.0295. The Morgan fingerprint density at radius 3 is 3.17 bits per heavy atom. The van der Waals surface area contributed by atoms with Gasteiger partial charge in [0.25, 0.3) is 0 Å². The van der Waals surface area contributed by atoms with Crippen LogP contribution in [0.4, 0.5) is 0 Å². The summed E-state index contributed by atoms with van der Waals surface area (Å²) in [4.78, 5) is 0. The third kappa shape index (κ3) is 1.29. The van der Waals surface area contributed by atoms with Gasteiger partial charge in [0.05, 0.1) is 12.2 Å². The average Bonchev–Trinajstić information content (AvgIpc) is 2.04. The number of hydrogen-bond acceptors (Lipinski definition) is 1. The van der Waals surface area contributed by atoms with Crippen LogP contribution in [0.5, 0.6) is 0 Å². The van der Waals surface area contributed by atoms with Crippen LogP contribution in [0.15, 0.2) is 23.8 Å². The Hall–Kier alpha value is -0.690. The normalized spacial score (nSPS) is 39.8. The van der Waals surface area contributed by atoms with Crippen molar-refractivity contribution < 1.29 is 4.74 Å². The molecule has 64 valence electrons. The van der Waals surface area contributed by atoms with Crippen molar-refractivity contribution in [2.45, 2.75) is 32.5 Å². The van der Waals surface area contributed by atoms with Gasteiger partial charge in [-0.05, 0) is 13.8 Å². The second kappa shape index (κ2) is 2.98. The monoisotopic (exact) mass is 163 g/mol. The summed E-state index contributed by atoms with van der Waals surface area (Å²) in [5.41, 5.74) is 1.53. The maximum absolute atomic E-state index is 5.75. The van der Waals surface area contributed by atoms with Crippen LogP contribution in [0.25, 0.3) is 0 Å². The first-order chi connectivity index (χ1) is 5.77. The molecule has 0 N–H and O–H groups in total. The van der Waals surface area contributed by atoms with E-state index in [1.807, 2.05) is 0 Å². The van der Waals surface area contributed by atoms with E-state index < -0.39 is 0 Å². The largest absolute Gasteiger partial charge is 0.371 e. The Bertz CT molecular complexity index is 227. The molecule has 0 radical (unpaired) electrons. The van der Waals surface area contributed by atoms with Gasteiger partial charge in [0.1, 0.15) is 5.92 Å². The lowest BCUT2D eigenvalue weighted by Gasteiger charge is -2.30. The minimum atomic E-state index is 0.352. The molecule has 0 aromatic carbocycles. The van der Waals surface area contributed by atoms with Crippen LogP contribution in [0, 0.1) is 12.3 Å². The number of allylic oxidation sites excluding steroid dienone is 2. The first-order valence-corrected chi connectivity index (χ1v) is 4.63. The maximum atomic E-state index is 5.75. The van der Waals surface area contributed by atoms with Gasteiger partial charge in [-0.25, -0.2) is 0 Å². The van der Waals surface area contributed by atoms with Crippen LogP contribution < -0.4 is 0 Å².